The quantitative estimate of drug-likeness (QED) is 0.911. The summed E-state index contributed by atoms with van der Waals surface area (Å²) in [5.74, 6) is -0.174. The molecule has 0 spiro atoms. The predicted octanol–water partition coefficient (Wildman–Crippen LogP) is 3.04. The number of halogens is 1. The van der Waals surface area contributed by atoms with Gasteiger partial charge in [-0.05, 0) is 26.8 Å². The Kier molecular flexibility index (Phi) is 6.32. The van der Waals surface area contributed by atoms with Crippen LogP contribution in [-0.2, 0) is 11.3 Å². The Morgan fingerprint density at radius 2 is 1.77 bits per heavy atom. The number of nitrogens with zero attached hydrogens (tertiary/aromatic N) is 2. The first kappa shape index (κ1) is 18.4. The fraction of sp³-hybridized carbons (Fsp3) is 0.562. The van der Waals surface area contributed by atoms with Crippen molar-refractivity contribution in [2.45, 2.75) is 32.9 Å². The molecule has 1 aromatic carbocycles. The number of piperazine rings is 1. The van der Waals surface area contributed by atoms with Crippen LogP contribution in [0.15, 0.2) is 24.3 Å². The Morgan fingerprint density at radius 3 is 2.32 bits per heavy atom. The monoisotopic (exact) mass is 311 g/mol. The lowest BCUT2D eigenvalue weighted by atomic mass is 10.2. The van der Waals surface area contributed by atoms with Crippen molar-refractivity contribution in [3.8, 4) is 0 Å². The molecule has 124 valence electrons. The Hall–Kier alpha value is -1.66. The van der Waals surface area contributed by atoms with E-state index in [1.165, 1.54) is 6.07 Å². The van der Waals surface area contributed by atoms with Gasteiger partial charge in [-0.2, -0.15) is 0 Å². The molecule has 22 heavy (non-hydrogen) atoms. The lowest BCUT2D eigenvalue weighted by Crippen LogP contribution is -2.49. The Balaban J connectivity index is 0.00000242. The summed E-state index contributed by atoms with van der Waals surface area (Å²) < 4.78 is 19.0. The summed E-state index contributed by atoms with van der Waals surface area (Å²) in [4.78, 5) is 15.8. The average Bonchev–Trinajstić information content (AvgIpc) is 2.40. The van der Waals surface area contributed by atoms with Gasteiger partial charge in [0, 0.05) is 38.3 Å². The highest BCUT2D eigenvalue weighted by molar-refractivity contribution is 5.68. The van der Waals surface area contributed by atoms with Crippen LogP contribution in [0.25, 0.3) is 0 Å². The largest absolute Gasteiger partial charge is 0.444 e. The maximum Gasteiger partial charge on any atom is 0.410 e. The molecule has 6 heteroatoms. The average molecular weight is 311 g/mol. The second-order valence-electron chi connectivity index (χ2n) is 6.33. The normalized spacial score (nSPS) is 16.1. The van der Waals surface area contributed by atoms with Gasteiger partial charge in [0.05, 0.1) is 0 Å². The fourth-order valence-electron chi connectivity index (χ4n) is 2.28. The molecule has 5 nitrogen and oxygen atoms in total. The van der Waals surface area contributed by atoms with E-state index in [-0.39, 0.29) is 18.1 Å². The summed E-state index contributed by atoms with van der Waals surface area (Å²) in [5, 5.41) is 0. The zero-order chi connectivity index (χ0) is 15.5. The number of benzene rings is 1. The minimum Gasteiger partial charge on any atom is -0.444 e. The van der Waals surface area contributed by atoms with Crippen LogP contribution >= 0.6 is 0 Å². The number of carbonyl (C=O) groups excluding carboxylic acids is 1. The van der Waals surface area contributed by atoms with Crippen LogP contribution in [0, 0.1) is 5.82 Å². The van der Waals surface area contributed by atoms with Crippen molar-refractivity contribution in [2.75, 3.05) is 26.2 Å². The van der Waals surface area contributed by atoms with E-state index in [1.54, 1.807) is 17.0 Å². The molecule has 0 radical (unpaired) electrons. The molecular weight excluding hydrogens is 285 g/mol. The highest BCUT2D eigenvalue weighted by Crippen LogP contribution is 2.14. The summed E-state index contributed by atoms with van der Waals surface area (Å²) >= 11 is 0. The third-order valence-corrected chi connectivity index (χ3v) is 3.38. The summed E-state index contributed by atoms with van der Waals surface area (Å²) in [6.07, 6.45) is -0.270. The van der Waals surface area contributed by atoms with E-state index < -0.39 is 5.60 Å². The zero-order valence-electron chi connectivity index (χ0n) is 13.6. The second kappa shape index (κ2) is 7.56. The van der Waals surface area contributed by atoms with Crippen molar-refractivity contribution < 1.29 is 13.9 Å². The van der Waals surface area contributed by atoms with Gasteiger partial charge in [0.25, 0.3) is 0 Å². The first-order chi connectivity index (χ1) is 9.85. The van der Waals surface area contributed by atoms with E-state index in [2.05, 4.69) is 4.90 Å². The second-order valence-corrected chi connectivity index (χ2v) is 6.33. The molecule has 1 heterocycles. The number of amides is 1. The van der Waals surface area contributed by atoms with Crippen LogP contribution in [0.1, 0.15) is 26.3 Å². The third kappa shape index (κ3) is 5.27. The Morgan fingerprint density at radius 1 is 1.18 bits per heavy atom. The van der Waals surface area contributed by atoms with Crippen LogP contribution < -0.4 is 6.15 Å². The summed E-state index contributed by atoms with van der Waals surface area (Å²) in [5.41, 5.74) is 0.227. The van der Waals surface area contributed by atoms with E-state index in [4.69, 9.17) is 4.74 Å². The smallest absolute Gasteiger partial charge is 0.410 e. The van der Waals surface area contributed by atoms with Gasteiger partial charge in [0.15, 0.2) is 0 Å². The molecule has 0 aliphatic carbocycles. The first-order valence-electron chi connectivity index (χ1n) is 7.29. The van der Waals surface area contributed by atoms with Gasteiger partial charge < -0.3 is 15.8 Å². The van der Waals surface area contributed by atoms with Gasteiger partial charge in [0.1, 0.15) is 11.4 Å². The number of hydrogen-bond donors (Lipinski definition) is 1. The summed E-state index contributed by atoms with van der Waals surface area (Å²) in [7, 11) is 0. The molecule has 3 N–H and O–H groups in total. The number of ether oxygens (including phenoxy) is 1. The molecule has 1 amide bonds. The van der Waals surface area contributed by atoms with E-state index in [0.717, 1.165) is 13.1 Å². The lowest BCUT2D eigenvalue weighted by molar-refractivity contribution is 0.0138. The molecule has 1 fully saturated rings. The summed E-state index contributed by atoms with van der Waals surface area (Å²) in [6.45, 7) is 8.85. The predicted molar refractivity (Wildman–Crippen MR) is 84.5 cm³/mol. The molecule has 1 saturated heterocycles. The van der Waals surface area contributed by atoms with Gasteiger partial charge in [-0.3, -0.25) is 4.90 Å². The number of hydrogen-bond acceptors (Lipinski definition) is 4. The van der Waals surface area contributed by atoms with Crippen molar-refractivity contribution in [3.05, 3.63) is 35.6 Å². The molecule has 0 saturated carbocycles. The van der Waals surface area contributed by atoms with Crippen molar-refractivity contribution in [1.29, 1.82) is 0 Å². The van der Waals surface area contributed by atoms with Gasteiger partial charge in [-0.1, -0.05) is 18.2 Å². The van der Waals surface area contributed by atoms with Crippen molar-refractivity contribution in [3.63, 3.8) is 0 Å². The minimum absolute atomic E-state index is 0. The highest BCUT2D eigenvalue weighted by atomic mass is 19.1. The SMILES string of the molecule is CC(C)(C)OC(=O)N1CCN(Cc2ccccc2F)CC1.N. The molecule has 0 bridgehead atoms. The van der Waals surface area contributed by atoms with E-state index in [1.807, 2.05) is 26.8 Å². The zero-order valence-corrected chi connectivity index (χ0v) is 13.6. The van der Waals surface area contributed by atoms with Gasteiger partial charge in [0.2, 0.25) is 0 Å². The highest BCUT2D eigenvalue weighted by Gasteiger charge is 2.25. The standard InChI is InChI=1S/C16H23FN2O2.H3N/c1-16(2,3)21-15(20)19-10-8-18(9-11-19)12-13-6-4-5-7-14(13)17;/h4-7H,8-12H2,1-3H3;1H3. The number of carbonyl (C=O) groups is 1. The summed E-state index contributed by atoms with van der Waals surface area (Å²) in [6, 6.07) is 6.82. The maximum absolute atomic E-state index is 13.6. The topological polar surface area (TPSA) is 67.8 Å². The molecule has 0 atom stereocenters. The van der Waals surface area contributed by atoms with Crippen LogP contribution in [0.3, 0.4) is 0 Å². The molecule has 0 unspecified atom stereocenters. The van der Waals surface area contributed by atoms with Gasteiger partial charge in [-0.15, -0.1) is 0 Å². The van der Waals surface area contributed by atoms with Gasteiger partial charge >= 0.3 is 6.09 Å². The molecule has 0 aromatic heterocycles. The van der Waals surface area contributed by atoms with Crippen LogP contribution in [0.2, 0.25) is 0 Å². The molecule has 2 rings (SSSR count). The van der Waals surface area contributed by atoms with Crippen LogP contribution in [-0.4, -0.2) is 47.7 Å². The lowest BCUT2D eigenvalue weighted by Gasteiger charge is -2.35. The van der Waals surface area contributed by atoms with Crippen molar-refractivity contribution in [2.24, 2.45) is 0 Å². The Bertz CT molecular complexity index is 494. The van der Waals surface area contributed by atoms with E-state index >= 15 is 0 Å². The third-order valence-electron chi connectivity index (χ3n) is 3.38. The van der Waals surface area contributed by atoms with Crippen molar-refractivity contribution in [1.82, 2.24) is 16.0 Å². The minimum atomic E-state index is -0.471. The van der Waals surface area contributed by atoms with E-state index in [0.29, 0.717) is 25.2 Å². The maximum atomic E-state index is 13.6. The molecular formula is C16H26FN3O2. The van der Waals surface area contributed by atoms with Gasteiger partial charge in [-0.25, -0.2) is 9.18 Å². The molecule has 1 aliphatic heterocycles. The van der Waals surface area contributed by atoms with Crippen LogP contribution in [0.4, 0.5) is 9.18 Å². The number of rotatable bonds is 2. The molecule has 1 aromatic rings. The van der Waals surface area contributed by atoms with E-state index in [9.17, 15) is 9.18 Å². The van der Waals surface area contributed by atoms with Crippen molar-refractivity contribution >= 4 is 6.09 Å². The molecule has 1 aliphatic rings. The Labute approximate surface area is 131 Å². The fourth-order valence-corrected chi connectivity index (χ4v) is 2.28. The first-order valence-corrected chi connectivity index (χ1v) is 7.29. The van der Waals surface area contributed by atoms with Crippen LogP contribution in [0.5, 0.6) is 0 Å².